The van der Waals surface area contributed by atoms with Crippen LogP contribution in [0.2, 0.25) is 0 Å². The van der Waals surface area contributed by atoms with E-state index in [-0.39, 0.29) is 11.4 Å². The second-order valence-electron chi connectivity index (χ2n) is 5.75. The van der Waals surface area contributed by atoms with Crippen molar-refractivity contribution in [3.05, 3.63) is 30.0 Å². The van der Waals surface area contributed by atoms with E-state index in [0.717, 1.165) is 0 Å². The number of anilines is 1. The summed E-state index contributed by atoms with van der Waals surface area (Å²) in [5.74, 6) is -1.00. The first-order chi connectivity index (χ1) is 11.9. The van der Waals surface area contributed by atoms with Gasteiger partial charge in [0.05, 0.1) is 23.6 Å². The lowest BCUT2D eigenvalue weighted by atomic mass is 10.1. The first kappa shape index (κ1) is 17.6. The summed E-state index contributed by atoms with van der Waals surface area (Å²) in [5.41, 5.74) is 1.86. The first-order valence-corrected chi connectivity index (χ1v) is 9.27. The second-order valence-corrected chi connectivity index (χ2v) is 7.69. The predicted octanol–water partition coefficient (Wildman–Crippen LogP) is 1.06. The fraction of sp³-hybridized carbons (Fsp3) is 0.375. The lowest BCUT2D eigenvalue weighted by Crippen LogP contribution is -2.40. The smallest absolute Gasteiger partial charge is 0.322 e. The van der Waals surface area contributed by atoms with Crippen LogP contribution in [-0.4, -0.2) is 61.6 Å². The van der Waals surface area contributed by atoms with E-state index in [2.05, 4.69) is 10.3 Å². The number of aryl methyl sites for hydroxylation is 1. The number of pyridine rings is 1. The molecule has 1 aliphatic heterocycles. The van der Waals surface area contributed by atoms with Gasteiger partial charge in [0.1, 0.15) is 6.54 Å². The van der Waals surface area contributed by atoms with Crippen molar-refractivity contribution in [3.8, 4) is 0 Å². The highest BCUT2D eigenvalue weighted by Crippen LogP contribution is 2.27. The Labute approximate surface area is 145 Å². The fourth-order valence-corrected chi connectivity index (χ4v) is 4.19. The summed E-state index contributed by atoms with van der Waals surface area (Å²) in [7, 11) is -3.63. The van der Waals surface area contributed by atoms with Crippen molar-refractivity contribution in [2.24, 2.45) is 0 Å². The van der Waals surface area contributed by atoms with Gasteiger partial charge in [0.2, 0.25) is 10.0 Å². The van der Waals surface area contributed by atoms with E-state index in [1.807, 2.05) is 0 Å². The largest absolute Gasteiger partial charge is 0.480 e. The zero-order chi connectivity index (χ0) is 18.0. The maximum atomic E-state index is 12.8. The number of carboxylic acids is 1. The van der Waals surface area contributed by atoms with Gasteiger partial charge in [-0.3, -0.25) is 9.78 Å². The lowest BCUT2D eigenvalue weighted by molar-refractivity contribution is -0.134. The predicted molar refractivity (Wildman–Crippen MR) is 92.2 cm³/mol. The number of benzene rings is 1. The molecule has 1 aliphatic rings. The molecule has 0 spiro atoms. The minimum atomic E-state index is -3.63. The number of rotatable bonds is 5. The molecule has 2 heterocycles. The number of ether oxygens (including phenoxy) is 1. The summed E-state index contributed by atoms with van der Waals surface area (Å²) >= 11 is 0. The molecule has 1 aromatic heterocycles. The number of sulfonamides is 1. The molecule has 0 radical (unpaired) electrons. The Morgan fingerprint density at radius 2 is 2.04 bits per heavy atom. The van der Waals surface area contributed by atoms with Crippen LogP contribution in [0, 0.1) is 6.92 Å². The third kappa shape index (κ3) is 3.73. The molecule has 0 unspecified atom stereocenters. The van der Waals surface area contributed by atoms with E-state index in [1.54, 1.807) is 19.1 Å². The summed E-state index contributed by atoms with van der Waals surface area (Å²) < 4.78 is 32.2. The molecule has 1 fully saturated rings. The number of aromatic nitrogens is 1. The zero-order valence-corrected chi connectivity index (χ0v) is 14.5. The maximum absolute atomic E-state index is 12.8. The van der Waals surface area contributed by atoms with Crippen molar-refractivity contribution in [3.63, 3.8) is 0 Å². The minimum absolute atomic E-state index is 0.158. The number of carbonyl (C=O) groups is 1. The summed E-state index contributed by atoms with van der Waals surface area (Å²) in [6.07, 6.45) is 0. The van der Waals surface area contributed by atoms with Gasteiger partial charge >= 0.3 is 5.97 Å². The Morgan fingerprint density at radius 3 is 2.72 bits per heavy atom. The van der Waals surface area contributed by atoms with Crippen LogP contribution in [0.5, 0.6) is 0 Å². The third-order valence-corrected chi connectivity index (χ3v) is 5.84. The summed E-state index contributed by atoms with van der Waals surface area (Å²) in [6.45, 7) is 2.91. The highest BCUT2D eigenvalue weighted by atomic mass is 32.2. The van der Waals surface area contributed by atoms with Crippen LogP contribution >= 0.6 is 0 Å². The molecular formula is C16H19N3O5S. The Morgan fingerprint density at radius 1 is 1.32 bits per heavy atom. The number of morpholine rings is 1. The van der Waals surface area contributed by atoms with Gasteiger partial charge in [-0.1, -0.05) is 0 Å². The molecule has 2 N–H and O–H groups in total. The van der Waals surface area contributed by atoms with Crippen LogP contribution in [0.1, 0.15) is 5.69 Å². The van der Waals surface area contributed by atoms with Gasteiger partial charge < -0.3 is 15.2 Å². The van der Waals surface area contributed by atoms with Gasteiger partial charge in [0.15, 0.2) is 0 Å². The zero-order valence-electron chi connectivity index (χ0n) is 13.7. The van der Waals surface area contributed by atoms with E-state index < -0.39 is 16.0 Å². The average molecular weight is 365 g/mol. The monoisotopic (exact) mass is 365 g/mol. The fourth-order valence-electron chi connectivity index (χ4n) is 2.75. The van der Waals surface area contributed by atoms with E-state index in [4.69, 9.17) is 9.84 Å². The van der Waals surface area contributed by atoms with Crippen LogP contribution < -0.4 is 5.32 Å². The Bertz CT molecular complexity index is 907. The van der Waals surface area contributed by atoms with Gasteiger partial charge in [0, 0.05) is 29.9 Å². The Balaban J connectivity index is 2.04. The molecule has 9 heteroatoms. The number of fused-ring (bicyclic) bond motifs is 1. The molecule has 0 atom stereocenters. The third-order valence-electron chi connectivity index (χ3n) is 3.95. The summed E-state index contributed by atoms with van der Waals surface area (Å²) in [5, 5.41) is 12.3. The van der Waals surface area contributed by atoms with Crippen molar-refractivity contribution < 1.29 is 23.1 Å². The second kappa shape index (κ2) is 6.95. The van der Waals surface area contributed by atoms with E-state index in [0.29, 0.717) is 48.6 Å². The van der Waals surface area contributed by atoms with E-state index in [1.165, 1.54) is 16.4 Å². The van der Waals surface area contributed by atoms with Crippen molar-refractivity contribution in [2.75, 3.05) is 38.2 Å². The minimum Gasteiger partial charge on any atom is -0.480 e. The van der Waals surface area contributed by atoms with Crippen molar-refractivity contribution in [2.45, 2.75) is 11.8 Å². The van der Waals surface area contributed by atoms with Crippen LogP contribution in [0.4, 0.5) is 5.69 Å². The number of hydrogen-bond acceptors (Lipinski definition) is 6. The van der Waals surface area contributed by atoms with Gasteiger partial charge in [-0.05, 0) is 31.2 Å². The Hall–Kier alpha value is -2.23. The first-order valence-electron chi connectivity index (χ1n) is 7.83. The van der Waals surface area contributed by atoms with Crippen molar-refractivity contribution in [1.29, 1.82) is 0 Å². The van der Waals surface area contributed by atoms with Crippen LogP contribution in [-0.2, 0) is 19.6 Å². The van der Waals surface area contributed by atoms with Gasteiger partial charge in [-0.25, -0.2) is 8.42 Å². The van der Waals surface area contributed by atoms with E-state index >= 15 is 0 Å². The topological polar surface area (TPSA) is 109 Å². The van der Waals surface area contributed by atoms with Gasteiger partial charge in [-0.2, -0.15) is 4.31 Å². The molecule has 0 amide bonds. The standard InChI is InChI=1S/C16H19N3O5S/c1-11-8-15(17-10-16(20)21)13-9-12(2-3-14(13)18-11)25(22,23)19-4-6-24-7-5-19/h2-3,8-9H,4-7,10H2,1H3,(H,17,18)(H,20,21). The maximum Gasteiger partial charge on any atom is 0.322 e. The van der Waals surface area contributed by atoms with Crippen molar-refractivity contribution in [1.82, 2.24) is 9.29 Å². The summed E-state index contributed by atoms with van der Waals surface area (Å²) in [4.78, 5) is 15.4. The molecule has 1 saturated heterocycles. The van der Waals surface area contributed by atoms with E-state index in [9.17, 15) is 13.2 Å². The Kier molecular flexibility index (Phi) is 4.89. The lowest BCUT2D eigenvalue weighted by Gasteiger charge is -2.26. The normalized spacial score (nSPS) is 16.0. The average Bonchev–Trinajstić information content (AvgIpc) is 2.59. The molecule has 8 nitrogen and oxygen atoms in total. The molecule has 134 valence electrons. The molecule has 2 aromatic rings. The number of hydrogen-bond donors (Lipinski definition) is 2. The molecular weight excluding hydrogens is 346 g/mol. The number of aliphatic carboxylic acids is 1. The van der Waals surface area contributed by atoms with Crippen molar-refractivity contribution >= 4 is 32.6 Å². The molecule has 0 aliphatic carbocycles. The number of nitrogens with one attached hydrogen (secondary N) is 1. The number of nitrogens with zero attached hydrogens (tertiary/aromatic N) is 2. The summed E-state index contributed by atoms with van der Waals surface area (Å²) in [6, 6.07) is 6.41. The molecule has 3 rings (SSSR count). The molecule has 0 saturated carbocycles. The number of carboxylic acid groups (broad SMARTS) is 1. The van der Waals surface area contributed by atoms with Gasteiger partial charge in [0.25, 0.3) is 0 Å². The quantitative estimate of drug-likeness (QED) is 0.815. The highest BCUT2D eigenvalue weighted by molar-refractivity contribution is 7.89. The molecule has 25 heavy (non-hydrogen) atoms. The van der Waals surface area contributed by atoms with Crippen LogP contribution in [0.15, 0.2) is 29.2 Å². The van der Waals surface area contributed by atoms with Crippen LogP contribution in [0.3, 0.4) is 0 Å². The van der Waals surface area contributed by atoms with Gasteiger partial charge in [-0.15, -0.1) is 0 Å². The molecule has 0 bridgehead atoms. The van der Waals surface area contributed by atoms with Crippen LogP contribution in [0.25, 0.3) is 10.9 Å². The molecule has 1 aromatic carbocycles. The SMILES string of the molecule is Cc1cc(NCC(=O)O)c2cc(S(=O)(=O)N3CCOCC3)ccc2n1. The highest BCUT2D eigenvalue weighted by Gasteiger charge is 2.26.